The molecule has 0 aliphatic carbocycles. The van der Waals surface area contributed by atoms with E-state index < -0.39 is 4.92 Å². The number of nitrogens with two attached hydrogens (primary N) is 1. The van der Waals surface area contributed by atoms with Crippen LogP contribution in [0.1, 0.15) is 5.56 Å². The van der Waals surface area contributed by atoms with E-state index in [9.17, 15) is 10.1 Å². The van der Waals surface area contributed by atoms with Gasteiger partial charge in [-0.3, -0.25) is 10.1 Å². The first kappa shape index (κ1) is 9.00. The lowest BCUT2D eigenvalue weighted by Gasteiger charge is -1.98. The molecule has 5 nitrogen and oxygen atoms in total. The van der Waals surface area contributed by atoms with E-state index in [0.29, 0.717) is 5.56 Å². The third-order valence-electron chi connectivity index (χ3n) is 1.57. The van der Waals surface area contributed by atoms with Crippen molar-refractivity contribution in [3.8, 4) is 6.07 Å². The summed E-state index contributed by atoms with van der Waals surface area (Å²) in [6, 6.07) is 6.26. The summed E-state index contributed by atoms with van der Waals surface area (Å²) in [6.07, 6.45) is 0.154. The summed E-state index contributed by atoms with van der Waals surface area (Å²) in [7, 11) is 0. The number of hydrogen-bond acceptors (Lipinski definition) is 4. The van der Waals surface area contributed by atoms with Crippen LogP contribution in [0.2, 0.25) is 0 Å². The Bertz CT molecular complexity index is 381. The summed E-state index contributed by atoms with van der Waals surface area (Å²) in [5, 5.41) is 18.8. The number of nitrogens with zero attached hydrogens (tertiary/aromatic N) is 2. The number of nitrogen functional groups attached to an aromatic ring is 1. The highest BCUT2D eigenvalue weighted by atomic mass is 16.6. The fourth-order valence-corrected chi connectivity index (χ4v) is 0.949. The van der Waals surface area contributed by atoms with Gasteiger partial charge in [0.25, 0.3) is 5.69 Å². The molecule has 2 N–H and O–H groups in total. The lowest BCUT2D eigenvalue weighted by molar-refractivity contribution is -0.383. The van der Waals surface area contributed by atoms with Gasteiger partial charge < -0.3 is 5.73 Å². The molecule has 0 unspecified atom stereocenters. The molecule has 0 fully saturated rings. The number of anilines is 1. The predicted molar refractivity (Wildman–Crippen MR) is 46.8 cm³/mol. The van der Waals surface area contributed by atoms with E-state index in [0.717, 1.165) is 0 Å². The zero-order chi connectivity index (χ0) is 9.84. The molecule has 0 aromatic heterocycles. The van der Waals surface area contributed by atoms with Gasteiger partial charge >= 0.3 is 0 Å². The van der Waals surface area contributed by atoms with Crippen LogP contribution >= 0.6 is 0 Å². The average molecular weight is 177 g/mol. The number of benzene rings is 1. The van der Waals surface area contributed by atoms with Crippen LogP contribution in [0.25, 0.3) is 0 Å². The molecule has 1 aromatic rings. The highest BCUT2D eigenvalue weighted by Gasteiger charge is 2.11. The Balaban J connectivity index is 3.13. The molecule has 0 saturated carbocycles. The molecule has 0 aliphatic rings. The lowest BCUT2D eigenvalue weighted by atomic mass is 10.1. The topological polar surface area (TPSA) is 93.0 Å². The smallest absolute Gasteiger partial charge is 0.292 e. The molecule has 1 aromatic carbocycles. The van der Waals surface area contributed by atoms with Gasteiger partial charge in [-0.15, -0.1) is 0 Å². The van der Waals surface area contributed by atoms with Gasteiger partial charge in [0.1, 0.15) is 5.69 Å². The van der Waals surface area contributed by atoms with E-state index >= 15 is 0 Å². The van der Waals surface area contributed by atoms with Gasteiger partial charge in [-0.05, 0) is 11.6 Å². The zero-order valence-corrected chi connectivity index (χ0v) is 6.73. The Kier molecular flexibility index (Phi) is 2.45. The van der Waals surface area contributed by atoms with Crippen LogP contribution in [-0.4, -0.2) is 4.92 Å². The van der Waals surface area contributed by atoms with Crippen molar-refractivity contribution in [2.24, 2.45) is 0 Å². The second-order valence-electron chi connectivity index (χ2n) is 2.49. The number of nitro benzene ring substituents is 1. The zero-order valence-electron chi connectivity index (χ0n) is 6.73. The Labute approximate surface area is 74.5 Å². The lowest BCUT2D eigenvalue weighted by Crippen LogP contribution is -1.96. The third kappa shape index (κ3) is 1.93. The second kappa shape index (κ2) is 3.54. The van der Waals surface area contributed by atoms with Crippen LogP contribution in [0.5, 0.6) is 0 Å². The van der Waals surface area contributed by atoms with Crippen LogP contribution in [0, 0.1) is 21.4 Å². The monoisotopic (exact) mass is 177 g/mol. The highest BCUT2D eigenvalue weighted by Crippen LogP contribution is 2.22. The summed E-state index contributed by atoms with van der Waals surface area (Å²) in [6.45, 7) is 0. The van der Waals surface area contributed by atoms with Crippen LogP contribution in [0.3, 0.4) is 0 Å². The Hall–Kier alpha value is -2.09. The SMILES string of the molecule is N#CCc1ccc(N)c([N+](=O)[O-])c1. The first-order valence-corrected chi connectivity index (χ1v) is 3.55. The van der Waals surface area contributed by atoms with Gasteiger partial charge in [-0.25, -0.2) is 0 Å². The maximum Gasteiger partial charge on any atom is 0.292 e. The normalized spacial score (nSPS) is 9.15. The van der Waals surface area contributed by atoms with Gasteiger partial charge in [0.2, 0.25) is 0 Å². The molecule has 1 rings (SSSR count). The Morgan fingerprint density at radius 3 is 2.85 bits per heavy atom. The van der Waals surface area contributed by atoms with Crippen LogP contribution in [0.15, 0.2) is 18.2 Å². The first-order valence-electron chi connectivity index (χ1n) is 3.55. The molecule has 13 heavy (non-hydrogen) atoms. The number of rotatable bonds is 2. The first-order chi connectivity index (χ1) is 6.15. The molecule has 0 heterocycles. The molecular weight excluding hydrogens is 170 g/mol. The maximum absolute atomic E-state index is 10.4. The van der Waals surface area contributed by atoms with E-state index in [2.05, 4.69) is 0 Å². The van der Waals surface area contributed by atoms with Gasteiger partial charge in [0, 0.05) is 6.07 Å². The second-order valence-corrected chi connectivity index (χ2v) is 2.49. The summed E-state index contributed by atoms with van der Waals surface area (Å²) >= 11 is 0. The van der Waals surface area contributed by atoms with Crippen molar-refractivity contribution < 1.29 is 4.92 Å². The largest absolute Gasteiger partial charge is 0.393 e. The predicted octanol–water partition coefficient (Wildman–Crippen LogP) is 1.24. The average Bonchev–Trinajstić information content (AvgIpc) is 2.08. The minimum atomic E-state index is -0.559. The molecule has 0 radical (unpaired) electrons. The van der Waals surface area contributed by atoms with Crippen molar-refractivity contribution in [1.29, 1.82) is 5.26 Å². The van der Waals surface area contributed by atoms with Gasteiger partial charge in [0.05, 0.1) is 17.4 Å². The maximum atomic E-state index is 10.4. The van der Waals surface area contributed by atoms with E-state index in [-0.39, 0.29) is 17.8 Å². The van der Waals surface area contributed by atoms with Crippen LogP contribution in [0.4, 0.5) is 11.4 Å². The van der Waals surface area contributed by atoms with E-state index in [1.54, 1.807) is 6.07 Å². The minimum absolute atomic E-state index is 0.117. The van der Waals surface area contributed by atoms with Gasteiger partial charge in [-0.1, -0.05) is 6.07 Å². The summed E-state index contributed by atoms with van der Waals surface area (Å²) in [4.78, 5) is 9.86. The van der Waals surface area contributed by atoms with E-state index in [1.807, 2.05) is 6.07 Å². The Morgan fingerprint density at radius 1 is 1.62 bits per heavy atom. The van der Waals surface area contributed by atoms with Crippen molar-refractivity contribution >= 4 is 11.4 Å². The fourth-order valence-electron chi connectivity index (χ4n) is 0.949. The molecular formula is C8H7N3O2. The third-order valence-corrected chi connectivity index (χ3v) is 1.57. The highest BCUT2D eigenvalue weighted by molar-refractivity contribution is 5.59. The minimum Gasteiger partial charge on any atom is -0.393 e. The molecule has 0 bridgehead atoms. The molecule has 5 heteroatoms. The van der Waals surface area contributed by atoms with Crippen molar-refractivity contribution in [3.63, 3.8) is 0 Å². The van der Waals surface area contributed by atoms with Crippen molar-refractivity contribution in [1.82, 2.24) is 0 Å². The summed E-state index contributed by atoms with van der Waals surface area (Å²) in [5.74, 6) is 0. The van der Waals surface area contributed by atoms with E-state index in [1.165, 1.54) is 12.1 Å². The van der Waals surface area contributed by atoms with Crippen LogP contribution in [-0.2, 0) is 6.42 Å². The number of nitriles is 1. The van der Waals surface area contributed by atoms with Crippen LogP contribution < -0.4 is 5.73 Å². The molecule has 0 atom stereocenters. The molecule has 0 saturated heterocycles. The summed E-state index contributed by atoms with van der Waals surface area (Å²) < 4.78 is 0. The quantitative estimate of drug-likeness (QED) is 0.417. The van der Waals surface area contributed by atoms with Crippen molar-refractivity contribution in [2.75, 3.05) is 5.73 Å². The molecule has 66 valence electrons. The van der Waals surface area contributed by atoms with Gasteiger partial charge in [0.15, 0.2) is 0 Å². The van der Waals surface area contributed by atoms with Crippen molar-refractivity contribution in [2.45, 2.75) is 6.42 Å². The Morgan fingerprint density at radius 2 is 2.31 bits per heavy atom. The van der Waals surface area contributed by atoms with Crippen molar-refractivity contribution in [3.05, 3.63) is 33.9 Å². The standard InChI is InChI=1S/C8H7N3O2/c9-4-3-6-1-2-7(10)8(5-6)11(12)13/h1-2,5H,3,10H2. The molecule has 0 spiro atoms. The molecule has 0 amide bonds. The fraction of sp³-hybridized carbons (Fsp3) is 0.125. The number of hydrogen-bond donors (Lipinski definition) is 1. The number of nitro groups is 1. The molecule has 0 aliphatic heterocycles. The summed E-state index contributed by atoms with van der Waals surface area (Å²) in [5.41, 5.74) is 5.93. The van der Waals surface area contributed by atoms with E-state index in [4.69, 9.17) is 11.0 Å². The van der Waals surface area contributed by atoms with Gasteiger partial charge in [-0.2, -0.15) is 5.26 Å².